The van der Waals surface area contributed by atoms with Crippen LogP contribution >= 0.6 is 0 Å². The van der Waals surface area contributed by atoms with Crippen molar-refractivity contribution in [3.05, 3.63) is 0 Å². The zero-order valence-electron chi connectivity index (χ0n) is 15.1. The number of likely N-dealkylation sites (tertiary alicyclic amines) is 1. The Morgan fingerprint density at radius 3 is 2.31 bits per heavy atom. The summed E-state index contributed by atoms with van der Waals surface area (Å²) in [5, 5.41) is 10.1. The molecule has 3 rings (SSSR count). The molecular weight excluding hydrogens is 360 g/mol. The minimum absolute atomic E-state index is 0.155. The number of hydrogen-bond donors (Lipinski definition) is 2. The highest BCUT2D eigenvalue weighted by molar-refractivity contribution is 7.91. The molecule has 0 bridgehead atoms. The number of rotatable bonds is 4. The van der Waals surface area contributed by atoms with Crippen molar-refractivity contribution in [3.8, 4) is 0 Å². The molecule has 0 radical (unpaired) electrons. The zero-order valence-corrected chi connectivity index (χ0v) is 16.0. The second-order valence-corrected chi connectivity index (χ2v) is 9.60. The van der Waals surface area contributed by atoms with Crippen molar-refractivity contribution in [1.82, 2.24) is 10.2 Å². The summed E-state index contributed by atoms with van der Waals surface area (Å²) in [7, 11) is -2.79. The number of carboxylic acid groups (broad SMARTS) is 1. The third-order valence-corrected chi connectivity index (χ3v) is 7.15. The first-order chi connectivity index (χ1) is 12.4. The highest BCUT2D eigenvalue weighted by Gasteiger charge is 2.31. The molecule has 3 aliphatic heterocycles. The molecule has 2 N–H and O–H groups in total. The lowest BCUT2D eigenvalue weighted by molar-refractivity contribution is -0.123. The van der Waals surface area contributed by atoms with E-state index >= 15 is 0 Å². The van der Waals surface area contributed by atoms with E-state index in [0.717, 1.165) is 58.4 Å². The molecule has 3 fully saturated rings. The lowest BCUT2D eigenvalue weighted by atomic mass is 9.99. The van der Waals surface area contributed by atoms with Crippen LogP contribution in [0.5, 0.6) is 0 Å². The molecule has 150 valence electrons. The number of ether oxygens (including phenoxy) is 1. The van der Waals surface area contributed by atoms with Gasteiger partial charge in [0.25, 0.3) is 6.47 Å². The van der Waals surface area contributed by atoms with Gasteiger partial charge in [0, 0.05) is 44.8 Å². The maximum Gasteiger partial charge on any atom is 0.290 e. The van der Waals surface area contributed by atoms with Gasteiger partial charge in [0.05, 0.1) is 11.5 Å². The van der Waals surface area contributed by atoms with Crippen LogP contribution in [0, 0.1) is 5.92 Å². The molecule has 3 heterocycles. The van der Waals surface area contributed by atoms with Gasteiger partial charge in [-0.2, -0.15) is 0 Å². The lowest BCUT2D eigenvalue weighted by Crippen LogP contribution is -2.50. The number of carbonyl (C=O) groups excluding carboxylic acids is 1. The lowest BCUT2D eigenvalue weighted by Gasteiger charge is -2.39. The van der Waals surface area contributed by atoms with Crippen molar-refractivity contribution in [2.75, 3.05) is 37.8 Å². The zero-order chi connectivity index (χ0) is 19.0. The first kappa shape index (κ1) is 21.1. The normalized spacial score (nSPS) is 27.3. The predicted octanol–water partition coefficient (Wildman–Crippen LogP) is 0.272. The van der Waals surface area contributed by atoms with Crippen molar-refractivity contribution in [1.29, 1.82) is 0 Å². The van der Waals surface area contributed by atoms with Crippen molar-refractivity contribution in [2.45, 2.75) is 50.6 Å². The minimum Gasteiger partial charge on any atom is -0.483 e. The Kier molecular flexibility index (Phi) is 8.30. The van der Waals surface area contributed by atoms with Crippen LogP contribution in [0.4, 0.5) is 0 Å². The Bertz CT molecular complexity index is 540. The fourth-order valence-electron chi connectivity index (χ4n) is 3.94. The monoisotopic (exact) mass is 390 g/mol. The summed E-state index contributed by atoms with van der Waals surface area (Å²) in [4.78, 5) is 22.9. The highest BCUT2D eigenvalue weighted by atomic mass is 32.2. The van der Waals surface area contributed by atoms with E-state index in [1.165, 1.54) is 0 Å². The van der Waals surface area contributed by atoms with Crippen LogP contribution in [0.3, 0.4) is 0 Å². The first-order valence-electron chi connectivity index (χ1n) is 9.33. The number of sulfone groups is 1. The Labute approximate surface area is 155 Å². The van der Waals surface area contributed by atoms with Crippen LogP contribution in [0.15, 0.2) is 0 Å². The largest absolute Gasteiger partial charge is 0.483 e. The number of nitrogens with one attached hydrogen (secondary N) is 1. The third-order valence-electron chi connectivity index (χ3n) is 5.43. The van der Waals surface area contributed by atoms with Gasteiger partial charge >= 0.3 is 0 Å². The van der Waals surface area contributed by atoms with E-state index in [1.807, 2.05) is 0 Å². The van der Waals surface area contributed by atoms with Gasteiger partial charge in [-0.25, -0.2) is 8.42 Å². The van der Waals surface area contributed by atoms with Gasteiger partial charge in [-0.15, -0.1) is 0 Å². The van der Waals surface area contributed by atoms with Gasteiger partial charge in [-0.05, 0) is 38.0 Å². The van der Waals surface area contributed by atoms with Gasteiger partial charge < -0.3 is 20.1 Å². The van der Waals surface area contributed by atoms with E-state index in [9.17, 15) is 13.2 Å². The summed E-state index contributed by atoms with van der Waals surface area (Å²) in [6, 6.07) is 0.680. The van der Waals surface area contributed by atoms with Crippen molar-refractivity contribution in [3.63, 3.8) is 0 Å². The SMILES string of the molecule is O=C(CC1CCOC1)NC1CCN(C2CCS(=O)(=O)CC2)CC1.O=CO. The van der Waals surface area contributed by atoms with Gasteiger partial charge in [0.2, 0.25) is 5.91 Å². The van der Waals surface area contributed by atoms with E-state index in [2.05, 4.69) is 10.2 Å². The predicted molar refractivity (Wildman–Crippen MR) is 96.6 cm³/mol. The number of nitrogens with zero attached hydrogens (tertiary/aromatic N) is 1. The number of amides is 1. The van der Waals surface area contributed by atoms with Gasteiger partial charge in [0.1, 0.15) is 9.84 Å². The average Bonchev–Trinajstić information content (AvgIpc) is 3.09. The van der Waals surface area contributed by atoms with Gasteiger partial charge in [-0.3, -0.25) is 9.59 Å². The van der Waals surface area contributed by atoms with E-state index in [4.69, 9.17) is 14.6 Å². The molecule has 3 saturated heterocycles. The fraction of sp³-hybridized carbons (Fsp3) is 0.882. The molecule has 1 unspecified atom stereocenters. The third kappa shape index (κ3) is 6.85. The molecule has 1 amide bonds. The van der Waals surface area contributed by atoms with E-state index < -0.39 is 9.84 Å². The summed E-state index contributed by atoms with van der Waals surface area (Å²) in [5.74, 6) is 1.21. The van der Waals surface area contributed by atoms with Crippen LogP contribution in [0.2, 0.25) is 0 Å². The smallest absolute Gasteiger partial charge is 0.290 e. The maximum atomic E-state index is 12.1. The Morgan fingerprint density at radius 1 is 1.15 bits per heavy atom. The number of hydrogen-bond acceptors (Lipinski definition) is 6. The first-order valence-corrected chi connectivity index (χ1v) is 11.1. The molecular formula is C17H30N2O6S. The van der Waals surface area contributed by atoms with Crippen LogP contribution < -0.4 is 5.32 Å². The Balaban J connectivity index is 0.000000758. The topological polar surface area (TPSA) is 113 Å². The van der Waals surface area contributed by atoms with Crippen LogP contribution in [0.1, 0.15) is 38.5 Å². The van der Waals surface area contributed by atoms with E-state index in [-0.39, 0.29) is 18.4 Å². The summed E-state index contributed by atoms with van der Waals surface area (Å²) >= 11 is 0. The molecule has 0 aromatic heterocycles. The molecule has 1 atom stereocenters. The van der Waals surface area contributed by atoms with Crippen molar-refractivity contribution < 1.29 is 27.9 Å². The molecule has 26 heavy (non-hydrogen) atoms. The van der Waals surface area contributed by atoms with Crippen molar-refractivity contribution in [2.24, 2.45) is 5.92 Å². The molecule has 0 aromatic carbocycles. The summed E-state index contributed by atoms with van der Waals surface area (Å²) < 4.78 is 28.4. The molecule has 0 aromatic rings. The molecule has 0 spiro atoms. The standard InChI is InChI=1S/C16H28N2O4S.CH2O2/c19-16(11-13-3-8-22-12-13)17-14-1-6-18(7-2-14)15-4-9-23(20,21)10-5-15;2-1-3/h13-15H,1-12H2,(H,17,19);1H,(H,2,3). The summed E-state index contributed by atoms with van der Waals surface area (Å²) in [6.07, 6.45) is 5.05. The van der Waals surface area contributed by atoms with Gasteiger partial charge in [0.15, 0.2) is 0 Å². The number of carbonyl (C=O) groups is 2. The second kappa shape index (κ2) is 10.2. The second-order valence-electron chi connectivity index (χ2n) is 7.30. The molecule has 0 saturated carbocycles. The Morgan fingerprint density at radius 2 is 1.77 bits per heavy atom. The maximum absolute atomic E-state index is 12.1. The average molecular weight is 391 g/mol. The van der Waals surface area contributed by atoms with Crippen LogP contribution in [-0.2, 0) is 24.2 Å². The highest BCUT2D eigenvalue weighted by Crippen LogP contribution is 2.22. The molecule has 0 aliphatic carbocycles. The fourth-order valence-corrected chi connectivity index (χ4v) is 5.41. The summed E-state index contributed by atoms with van der Waals surface area (Å²) in [6.45, 7) is 3.17. The number of piperidine rings is 1. The minimum atomic E-state index is -2.79. The molecule has 8 nitrogen and oxygen atoms in total. The molecule has 9 heteroatoms. The quantitative estimate of drug-likeness (QED) is 0.663. The molecule has 3 aliphatic rings. The van der Waals surface area contributed by atoms with Crippen LogP contribution in [-0.4, -0.2) is 80.7 Å². The summed E-state index contributed by atoms with van der Waals surface area (Å²) in [5.41, 5.74) is 0. The van der Waals surface area contributed by atoms with E-state index in [1.54, 1.807) is 0 Å². The van der Waals surface area contributed by atoms with Crippen LogP contribution in [0.25, 0.3) is 0 Å². The van der Waals surface area contributed by atoms with E-state index in [0.29, 0.717) is 29.9 Å². The van der Waals surface area contributed by atoms with Crippen molar-refractivity contribution >= 4 is 22.2 Å². The Hall–Kier alpha value is -1.19. The van der Waals surface area contributed by atoms with Gasteiger partial charge in [-0.1, -0.05) is 0 Å².